The molecule has 1 nitrogen and oxygen atoms in total. The molecule has 1 heterocycles. The molecule has 0 fully saturated rings. The molecule has 0 saturated heterocycles. The Bertz CT molecular complexity index is 462. The fraction of sp³-hybridized carbons (Fsp3) is 0.273. The molecule has 0 aliphatic heterocycles. The van der Waals surface area contributed by atoms with Crippen molar-refractivity contribution in [1.29, 1.82) is 0 Å². The number of thiophene rings is 1. The molecule has 1 aromatic heterocycles. The molecule has 0 aliphatic rings. The molecule has 0 spiro atoms. The summed E-state index contributed by atoms with van der Waals surface area (Å²) >= 11 is 4.22. The predicted octanol–water partition coefficient (Wildman–Crippen LogP) is 4.08. The van der Waals surface area contributed by atoms with Crippen molar-refractivity contribution in [1.82, 2.24) is 0 Å². The standard InChI is InChI=1S/C11H11IOS/c1-3-9-10(13-2)7-5-4-6-8(12)11(7)14-9/h4-6H,3H2,1-2H3. The van der Waals surface area contributed by atoms with Crippen molar-refractivity contribution in [2.24, 2.45) is 0 Å². The van der Waals surface area contributed by atoms with E-state index in [-0.39, 0.29) is 0 Å². The number of ether oxygens (including phenoxy) is 1. The average Bonchev–Trinajstić information content (AvgIpc) is 2.57. The lowest BCUT2D eigenvalue weighted by Crippen LogP contribution is -1.84. The van der Waals surface area contributed by atoms with Gasteiger partial charge >= 0.3 is 0 Å². The summed E-state index contributed by atoms with van der Waals surface area (Å²) in [6, 6.07) is 6.35. The summed E-state index contributed by atoms with van der Waals surface area (Å²) in [6.07, 6.45) is 1.04. The first-order valence-corrected chi connectivity index (χ1v) is 6.41. The quantitative estimate of drug-likeness (QED) is 0.758. The second-order valence-corrected chi connectivity index (χ2v) is 5.30. The highest BCUT2D eigenvalue weighted by Gasteiger charge is 2.12. The molecule has 0 atom stereocenters. The van der Waals surface area contributed by atoms with E-state index in [4.69, 9.17) is 4.74 Å². The highest BCUT2D eigenvalue weighted by atomic mass is 127. The molecule has 0 amide bonds. The normalized spacial score (nSPS) is 10.8. The smallest absolute Gasteiger partial charge is 0.140 e. The third-order valence-corrected chi connectivity index (χ3v) is 4.84. The zero-order chi connectivity index (χ0) is 10.1. The van der Waals surface area contributed by atoms with Gasteiger partial charge in [0.2, 0.25) is 0 Å². The summed E-state index contributed by atoms with van der Waals surface area (Å²) in [5.41, 5.74) is 0. The Morgan fingerprint density at radius 3 is 2.86 bits per heavy atom. The average molecular weight is 318 g/mol. The number of halogens is 1. The maximum atomic E-state index is 5.45. The molecule has 0 N–H and O–H groups in total. The number of hydrogen-bond donors (Lipinski definition) is 0. The van der Waals surface area contributed by atoms with Gasteiger partial charge in [-0.05, 0) is 41.1 Å². The van der Waals surface area contributed by atoms with Gasteiger partial charge in [0.05, 0.1) is 11.8 Å². The van der Waals surface area contributed by atoms with Crippen molar-refractivity contribution in [3.8, 4) is 5.75 Å². The van der Waals surface area contributed by atoms with Crippen LogP contribution in [0.15, 0.2) is 18.2 Å². The van der Waals surface area contributed by atoms with Crippen LogP contribution in [0.25, 0.3) is 10.1 Å². The van der Waals surface area contributed by atoms with Crippen LogP contribution in [0.5, 0.6) is 5.75 Å². The summed E-state index contributed by atoms with van der Waals surface area (Å²) < 4.78 is 8.11. The first-order valence-electron chi connectivity index (χ1n) is 4.51. The molecular formula is C11H11IOS. The maximum Gasteiger partial charge on any atom is 0.140 e. The molecule has 14 heavy (non-hydrogen) atoms. The summed E-state index contributed by atoms with van der Waals surface area (Å²) in [7, 11) is 1.75. The lowest BCUT2D eigenvalue weighted by molar-refractivity contribution is 0.417. The third kappa shape index (κ3) is 1.52. The van der Waals surface area contributed by atoms with Gasteiger partial charge in [-0.25, -0.2) is 0 Å². The largest absolute Gasteiger partial charge is 0.495 e. The van der Waals surface area contributed by atoms with Gasteiger partial charge in [0, 0.05) is 13.8 Å². The number of benzene rings is 1. The van der Waals surface area contributed by atoms with Crippen LogP contribution in [0.1, 0.15) is 11.8 Å². The van der Waals surface area contributed by atoms with Gasteiger partial charge in [0.25, 0.3) is 0 Å². The fourth-order valence-corrected chi connectivity index (χ4v) is 3.51. The van der Waals surface area contributed by atoms with E-state index in [2.05, 4.69) is 47.7 Å². The second-order valence-electron chi connectivity index (χ2n) is 3.03. The second kappa shape index (κ2) is 4.06. The molecule has 74 valence electrons. The number of rotatable bonds is 2. The molecular weight excluding hydrogens is 307 g/mol. The van der Waals surface area contributed by atoms with E-state index in [1.54, 1.807) is 7.11 Å². The SMILES string of the molecule is CCc1sc2c(I)cccc2c1OC. The molecule has 0 unspecified atom stereocenters. The van der Waals surface area contributed by atoms with Crippen LogP contribution in [0.2, 0.25) is 0 Å². The van der Waals surface area contributed by atoms with E-state index < -0.39 is 0 Å². The van der Waals surface area contributed by atoms with E-state index in [9.17, 15) is 0 Å². The van der Waals surface area contributed by atoms with Crippen LogP contribution in [0, 0.1) is 3.57 Å². The minimum absolute atomic E-state index is 1.04. The Morgan fingerprint density at radius 1 is 1.43 bits per heavy atom. The predicted molar refractivity (Wildman–Crippen MR) is 70.5 cm³/mol. The minimum atomic E-state index is 1.04. The zero-order valence-corrected chi connectivity index (χ0v) is 11.1. The van der Waals surface area contributed by atoms with Gasteiger partial charge in [-0.1, -0.05) is 13.0 Å². The number of hydrogen-bond acceptors (Lipinski definition) is 2. The summed E-state index contributed by atoms with van der Waals surface area (Å²) in [4.78, 5) is 1.34. The maximum absolute atomic E-state index is 5.45. The molecule has 2 rings (SSSR count). The van der Waals surface area contributed by atoms with Gasteiger partial charge in [-0.3, -0.25) is 0 Å². The van der Waals surface area contributed by atoms with Crippen molar-refractivity contribution in [2.45, 2.75) is 13.3 Å². The Kier molecular flexibility index (Phi) is 2.97. The van der Waals surface area contributed by atoms with Crippen molar-refractivity contribution >= 4 is 44.0 Å². The highest BCUT2D eigenvalue weighted by Crippen LogP contribution is 2.39. The number of aryl methyl sites for hydroxylation is 1. The first-order chi connectivity index (χ1) is 6.77. The Labute approximate surface area is 101 Å². The van der Waals surface area contributed by atoms with Crippen LogP contribution in [0.3, 0.4) is 0 Å². The molecule has 3 heteroatoms. The van der Waals surface area contributed by atoms with Crippen LogP contribution >= 0.6 is 33.9 Å². The van der Waals surface area contributed by atoms with E-state index in [1.165, 1.54) is 18.5 Å². The molecule has 0 radical (unpaired) electrons. The fourth-order valence-electron chi connectivity index (χ4n) is 1.57. The molecule has 2 aromatic rings. The number of fused-ring (bicyclic) bond motifs is 1. The van der Waals surface area contributed by atoms with Gasteiger partial charge in [0.15, 0.2) is 0 Å². The van der Waals surface area contributed by atoms with Crippen molar-refractivity contribution in [3.63, 3.8) is 0 Å². The number of methoxy groups -OCH3 is 1. The minimum Gasteiger partial charge on any atom is -0.495 e. The Morgan fingerprint density at radius 2 is 2.21 bits per heavy atom. The lowest BCUT2D eigenvalue weighted by atomic mass is 10.2. The van der Waals surface area contributed by atoms with Crippen LogP contribution in [0.4, 0.5) is 0 Å². The van der Waals surface area contributed by atoms with Crippen LogP contribution < -0.4 is 4.74 Å². The third-order valence-electron chi connectivity index (χ3n) is 2.22. The van der Waals surface area contributed by atoms with Crippen molar-refractivity contribution < 1.29 is 4.74 Å². The molecule has 0 aliphatic carbocycles. The van der Waals surface area contributed by atoms with Gasteiger partial charge in [0.1, 0.15) is 5.75 Å². The highest BCUT2D eigenvalue weighted by molar-refractivity contribution is 14.1. The van der Waals surface area contributed by atoms with Crippen LogP contribution in [-0.2, 0) is 6.42 Å². The first kappa shape index (κ1) is 10.2. The molecule has 0 bridgehead atoms. The topological polar surface area (TPSA) is 9.23 Å². The monoisotopic (exact) mass is 318 g/mol. The van der Waals surface area contributed by atoms with Crippen molar-refractivity contribution in [3.05, 3.63) is 26.6 Å². The molecule has 1 aromatic carbocycles. The summed E-state index contributed by atoms with van der Waals surface area (Å²) in [6.45, 7) is 2.17. The molecule has 0 saturated carbocycles. The van der Waals surface area contributed by atoms with E-state index in [1.807, 2.05) is 11.3 Å². The van der Waals surface area contributed by atoms with Gasteiger partial charge in [-0.2, -0.15) is 0 Å². The Balaban J connectivity index is 2.79. The van der Waals surface area contributed by atoms with Gasteiger partial charge in [-0.15, -0.1) is 11.3 Å². The zero-order valence-electron chi connectivity index (χ0n) is 8.13. The lowest BCUT2D eigenvalue weighted by Gasteiger charge is -1.99. The Hall–Kier alpha value is -0.290. The van der Waals surface area contributed by atoms with Crippen molar-refractivity contribution in [2.75, 3.05) is 7.11 Å². The summed E-state index contributed by atoms with van der Waals surface area (Å²) in [5.74, 6) is 1.06. The van der Waals surface area contributed by atoms with E-state index in [0.717, 1.165) is 12.2 Å². The van der Waals surface area contributed by atoms with Gasteiger partial charge < -0.3 is 4.74 Å². The van der Waals surface area contributed by atoms with E-state index in [0.29, 0.717) is 0 Å². The van der Waals surface area contributed by atoms with Crippen LogP contribution in [-0.4, -0.2) is 7.11 Å². The summed E-state index contributed by atoms with van der Waals surface area (Å²) in [5, 5.41) is 1.25. The van der Waals surface area contributed by atoms with E-state index >= 15 is 0 Å².